The number of sulfonamides is 1. The van der Waals surface area contributed by atoms with Crippen LogP contribution in [-0.2, 0) is 24.3 Å². The third-order valence-corrected chi connectivity index (χ3v) is 7.07. The van der Waals surface area contributed by atoms with Gasteiger partial charge in [-0.1, -0.05) is 17.7 Å². The molecule has 1 aliphatic heterocycles. The van der Waals surface area contributed by atoms with Gasteiger partial charge in [-0.15, -0.1) is 0 Å². The highest BCUT2D eigenvalue weighted by molar-refractivity contribution is 7.89. The molecule has 172 valence electrons. The predicted molar refractivity (Wildman–Crippen MR) is 120 cm³/mol. The Hall–Kier alpha value is -2.62. The fourth-order valence-corrected chi connectivity index (χ4v) is 5.04. The number of esters is 1. The summed E-state index contributed by atoms with van der Waals surface area (Å²) in [6.45, 7) is 3.76. The largest absolute Gasteiger partial charge is 0.479 e. The molecule has 1 unspecified atom stereocenters. The Bertz CT molecular complexity index is 1100. The van der Waals surface area contributed by atoms with Crippen LogP contribution in [0.5, 0.6) is 5.75 Å². The molecule has 1 N–H and O–H groups in total. The van der Waals surface area contributed by atoms with Crippen molar-refractivity contribution >= 4 is 39.2 Å². The highest BCUT2D eigenvalue weighted by Gasteiger charge is 2.27. The van der Waals surface area contributed by atoms with E-state index in [-0.39, 0.29) is 4.90 Å². The highest BCUT2D eigenvalue weighted by Crippen LogP contribution is 2.24. The van der Waals surface area contributed by atoms with Crippen molar-refractivity contribution in [1.29, 1.82) is 0 Å². The fourth-order valence-electron chi connectivity index (χ4n) is 3.25. The van der Waals surface area contributed by atoms with E-state index in [1.807, 2.05) is 0 Å². The highest BCUT2D eigenvalue weighted by atomic mass is 35.5. The van der Waals surface area contributed by atoms with E-state index in [9.17, 15) is 18.0 Å². The minimum Gasteiger partial charge on any atom is -0.479 e. The van der Waals surface area contributed by atoms with E-state index in [2.05, 4.69) is 5.32 Å². The Balaban J connectivity index is 1.54. The first-order valence-electron chi connectivity index (χ1n) is 10.2. The molecule has 1 atom stereocenters. The van der Waals surface area contributed by atoms with Crippen LogP contribution in [0.1, 0.15) is 25.3 Å². The molecular formula is C22H25ClN2O6S. The lowest BCUT2D eigenvalue weighted by Gasteiger charge is -2.17. The van der Waals surface area contributed by atoms with Gasteiger partial charge in [-0.25, -0.2) is 13.2 Å². The monoisotopic (exact) mass is 480 g/mol. The van der Waals surface area contributed by atoms with E-state index in [4.69, 9.17) is 21.1 Å². The van der Waals surface area contributed by atoms with Crippen molar-refractivity contribution in [2.45, 2.75) is 37.7 Å². The van der Waals surface area contributed by atoms with Gasteiger partial charge < -0.3 is 14.8 Å². The second kappa shape index (κ2) is 10.3. The smallest absolute Gasteiger partial charge is 0.347 e. The standard InChI is InChI=1S/C22H25ClN2O6S/c1-15-12-17(23)8-9-20(15)31-16(2)22(27)30-14-21(26)24-18-6-5-7-19(13-18)32(28,29)25-10-3-4-11-25/h5-9,12-13,16H,3-4,10-11,14H2,1-2H3,(H,24,26). The maximum atomic E-state index is 12.7. The minimum absolute atomic E-state index is 0.106. The number of halogens is 1. The lowest BCUT2D eigenvalue weighted by Crippen LogP contribution is -2.30. The summed E-state index contributed by atoms with van der Waals surface area (Å²) < 4.78 is 37.4. The molecule has 2 aromatic rings. The molecule has 1 aliphatic rings. The van der Waals surface area contributed by atoms with Crippen LogP contribution < -0.4 is 10.1 Å². The first kappa shape index (κ1) is 24.0. The molecule has 0 saturated carbocycles. The van der Waals surface area contributed by atoms with Gasteiger partial charge in [0.05, 0.1) is 4.90 Å². The summed E-state index contributed by atoms with van der Waals surface area (Å²) in [6, 6.07) is 11.0. The van der Waals surface area contributed by atoms with Crippen LogP contribution >= 0.6 is 11.6 Å². The maximum absolute atomic E-state index is 12.7. The van der Waals surface area contributed by atoms with E-state index in [0.717, 1.165) is 18.4 Å². The Labute approximate surface area is 192 Å². The van der Waals surface area contributed by atoms with E-state index in [1.54, 1.807) is 37.3 Å². The van der Waals surface area contributed by atoms with Gasteiger partial charge in [-0.2, -0.15) is 4.31 Å². The van der Waals surface area contributed by atoms with Gasteiger partial charge in [0, 0.05) is 23.8 Å². The molecular weight excluding hydrogens is 456 g/mol. The number of amides is 1. The molecule has 0 aliphatic carbocycles. The molecule has 32 heavy (non-hydrogen) atoms. The number of ether oxygens (including phenoxy) is 2. The molecule has 0 bridgehead atoms. The first-order chi connectivity index (χ1) is 15.2. The second-order valence-electron chi connectivity index (χ2n) is 7.46. The Kier molecular flexibility index (Phi) is 7.76. The summed E-state index contributed by atoms with van der Waals surface area (Å²) in [6.07, 6.45) is 0.734. The zero-order valence-electron chi connectivity index (χ0n) is 17.8. The van der Waals surface area contributed by atoms with Crippen LogP contribution in [0.3, 0.4) is 0 Å². The lowest BCUT2D eigenvalue weighted by molar-refractivity contribution is -0.153. The molecule has 1 heterocycles. The Morgan fingerprint density at radius 3 is 2.56 bits per heavy atom. The van der Waals surface area contributed by atoms with Crippen molar-refractivity contribution < 1.29 is 27.5 Å². The number of carbonyl (C=O) groups is 2. The Morgan fingerprint density at radius 2 is 1.88 bits per heavy atom. The number of rotatable bonds is 8. The molecule has 0 spiro atoms. The van der Waals surface area contributed by atoms with Gasteiger partial charge in [0.25, 0.3) is 5.91 Å². The zero-order chi connectivity index (χ0) is 23.3. The van der Waals surface area contributed by atoms with Crippen LogP contribution in [0.15, 0.2) is 47.4 Å². The van der Waals surface area contributed by atoms with Crippen molar-refractivity contribution in [3.63, 3.8) is 0 Å². The van der Waals surface area contributed by atoms with Crippen LogP contribution in [0, 0.1) is 6.92 Å². The number of hydrogen-bond donors (Lipinski definition) is 1. The van der Waals surface area contributed by atoms with E-state index in [0.29, 0.717) is 29.5 Å². The third-order valence-electron chi connectivity index (χ3n) is 4.94. The second-order valence-corrected chi connectivity index (χ2v) is 9.84. The summed E-state index contributed by atoms with van der Waals surface area (Å²) >= 11 is 5.91. The normalized spacial score (nSPS) is 15.2. The van der Waals surface area contributed by atoms with Crippen molar-refractivity contribution in [2.24, 2.45) is 0 Å². The van der Waals surface area contributed by atoms with E-state index < -0.39 is 34.6 Å². The van der Waals surface area contributed by atoms with Gasteiger partial charge in [0.1, 0.15) is 5.75 Å². The molecule has 10 heteroatoms. The number of nitrogens with zero attached hydrogens (tertiary/aromatic N) is 1. The van der Waals surface area contributed by atoms with E-state index >= 15 is 0 Å². The number of nitrogens with one attached hydrogen (secondary N) is 1. The molecule has 1 fully saturated rings. The molecule has 1 amide bonds. The van der Waals surface area contributed by atoms with Gasteiger partial charge in [0.2, 0.25) is 10.0 Å². The van der Waals surface area contributed by atoms with Crippen LogP contribution in [0.25, 0.3) is 0 Å². The number of benzene rings is 2. The summed E-state index contributed by atoms with van der Waals surface area (Å²) in [5.74, 6) is -0.817. The third kappa shape index (κ3) is 5.99. The average Bonchev–Trinajstić information content (AvgIpc) is 3.30. The van der Waals surface area contributed by atoms with E-state index in [1.165, 1.54) is 23.4 Å². The average molecular weight is 481 g/mol. The zero-order valence-corrected chi connectivity index (χ0v) is 19.4. The van der Waals surface area contributed by atoms with Crippen LogP contribution in [0.2, 0.25) is 5.02 Å². The SMILES string of the molecule is Cc1cc(Cl)ccc1OC(C)C(=O)OCC(=O)Nc1cccc(S(=O)(=O)N2CCCC2)c1. The molecule has 1 saturated heterocycles. The molecule has 2 aromatic carbocycles. The number of anilines is 1. The first-order valence-corrected chi connectivity index (χ1v) is 12.0. The number of carbonyl (C=O) groups excluding carboxylic acids is 2. The van der Waals surface area contributed by atoms with Crippen molar-refractivity contribution in [3.8, 4) is 5.75 Å². The topological polar surface area (TPSA) is 102 Å². The number of hydrogen-bond acceptors (Lipinski definition) is 6. The molecule has 0 aromatic heterocycles. The van der Waals surface area contributed by atoms with Crippen LogP contribution in [-0.4, -0.2) is 50.4 Å². The summed E-state index contributed by atoms with van der Waals surface area (Å²) in [7, 11) is -3.60. The molecule has 3 rings (SSSR count). The van der Waals surface area contributed by atoms with Gasteiger partial charge >= 0.3 is 5.97 Å². The van der Waals surface area contributed by atoms with Crippen molar-refractivity contribution in [3.05, 3.63) is 53.1 Å². The van der Waals surface area contributed by atoms with Gasteiger partial charge in [-0.05, 0) is 68.7 Å². The maximum Gasteiger partial charge on any atom is 0.347 e. The number of aryl methyl sites for hydroxylation is 1. The lowest BCUT2D eigenvalue weighted by atomic mass is 10.2. The predicted octanol–water partition coefficient (Wildman–Crippen LogP) is 3.38. The summed E-state index contributed by atoms with van der Waals surface area (Å²) in [5, 5.41) is 3.10. The van der Waals surface area contributed by atoms with Crippen LogP contribution in [0.4, 0.5) is 5.69 Å². The molecule has 8 nitrogen and oxygen atoms in total. The van der Waals surface area contributed by atoms with Gasteiger partial charge in [0.15, 0.2) is 12.7 Å². The van der Waals surface area contributed by atoms with Crippen molar-refractivity contribution in [1.82, 2.24) is 4.31 Å². The summed E-state index contributed by atoms with van der Waals surface area (Å²) in [5.41, 5.74) is 1.06. The van der Waals surface area contributed by atoms with Crippen molar-refractivity contribution in [2.75, 3.05) is 25.0 Å². The Morgan fingerprint density at radius 1 is 1.16 bits per heavy atom. The van der Waals surface area contributed by atoms with Gasteiger partial charge in [-0.3, -0.25) is 4.79 Å². The fraction of sp³-hybridized carbons (Fsp3) is 0.364. The molecule has 0 radical (unpaired) electrons. The minimum atomic E-state index is -3.60. The summed E-state index contributed by atoms with van der Waals surface area (Å²) in [4.78, 5) is 24.5. The quantitative estimate of drug-likeness (QED) is 0.581.